The average molecular weight is 326 g/mol. The van der Waals surface area contributed by atoms with Crippen LogP contribution in [0, 0.1) is 0 Å². The fourth-order valence-corrected chi connectivity index (χ4v) is 2.58. The van der Waals surface area contributed by atoms with Gasteiger partial charge in [0.15, 0.2) is 0 Å². The summed E-state index contributed by atoms with van der Waals surface area (Å²) in [5.74, 6) is 0.274. The molecule has 0 aromatic heterocycles. The molecule has 0 spiro atoms. The minimum atomic E-state index is -0.413. The number of ether oxygens (including phenoxy) is 2. The van der Waals surface area contributed by atoms with Crippen LogP contribution in [0.5, 0.6) is 5.75 Å². The van der Waals surface area contributed by atoms with Gasteiger partial charge in [0.05, 0.1) is 24.9 Å². The van der Waals surface area contributed by atoms with E-state index in [2.05, 4.69) is 10.1 Å². The maximum Gasteiger partial charge on any atom is 0.337 e. The molecule has 6 heteroatoms. The first-order chi connectivity index (χ1) is 11.6. The number of nitrogens with one attached hydrogen (secondary N) is 1. The van der Waals surface area contributed by atoms with Gasteiger partial charge in [-0.15, -0.1) is 0 Å². The van der Waals surface area contributed by atoms with Gasteiger partial charge in [0.25, 0.3) is 0 Å². The number of para-hydroxylation sites is 2. The van der Waals surface area contributed by atoms with Crippen LogP contribution in [-0.4, -0.2) is 31.8 Å². The third kappa shape index (κ3) is 3.17. The number of carbonyl (C=O) groups is 2. The molecule has 1 aliphatic heterocycles. The van der Waals surface area contributed by atoms with Crippen molar-refractivity contribution in [2.24, 2.45) is 0 Å². The molecule has 6 nitrogen and oxygen atoms in total. The second kappa shape index (κ2) is 6.62. The Kier molecular flexibility index (Phi) is 4.37. The van der Waals surface area contributed by atoms with E-state index in [1.165, 1.54) is 7.11 Å². The van der Waals surface area contributed by atoms with Crippen LogP contribution in [0.1, 0.15) is 17.3 Å². The zero-order valence-electron chi connectivity index (χ0n) is 13.5. The van der Waals surface area contributed by atoms with E-state index in [0.29, 0.717) is 23.5 Å². The highest BCUT2D eigenvalue weighted by atomic mass is 16.5. The van der Waals surface area contributed by atoms with Crippen LogP contribution in [0.3, 0.4) is 0 Å². The summed E-state index contributed by atoms with van der Waals surface area (Å²) in [5.41, 5.74) is 1.77. The number of anilines is 2. The van der Waals surface area contributed by atoms with E-state index in [0.717, 1.165) is 5.69 Å². The zero-order valence-corrected chi connectivity index (χ0v) is 13.5. The van der Waals surface area contributed by atoms with E-state index < -0.39 is 5.97 Å². The summed E-state index contributed by atoms with van der Waals surface area (Å²) in [6, 6.07) is 13.7. The molecule has 0 bridgehead atoms. The molecule has 2 amide bonds. The number of rotatable bonds is 2. The fraction of sp³-hybridized carbons (Fsp3) is 0.222. The zero-order chi connectivity index (χ0) is 17.1. The molecular formula is C18H18N2O4. The third-order valence-electron chi connectivity index (χ3n) is 3.73. The highest BCUT2D eigenvalue weighted by Gasteiger charge is 2.27. The molecule has 124 valence electrons. The van der Waals surface area contributed by atoms with Crippen LogP contribution in [-0.2, 0) is 4.74 Å². The van der Waals surface area contributed by atoms with E-state index in [1.807, 2.05) is 31.2 Å². The summed E-state index contributed by atoms with van der Waals surface area (Å²) >= 11 is 0. The lowest BCUT2D eigenvalue weighted by molar-refractivity contribution is 0.0600. The van der Waals surface area contributed by atoms with Gasteiger partial charge in [0, 0.05) is 5.69 Å². The van der Waals surface area contributed by atoms with Gasteiger partial charge < -0.3 is 14.8 Å². The maximum absolute atomic E-state index is 12.6. The molecule has 1 atom stereocenters. The number of urea groups is 1. The molecule has 0 saturated heterocycles. The highest BCUT2D eigenvalue weighted by Crippen LogP contribution is 2.33. The average Bonchev–Trinajstić information content (AvgIpc) is 2.60. The lowest BCUT2D eigenvalue weighted by Crippen LogP contribution is -2.44. The molecule has 2 aromatic carbocycles. The third-order valence-corrected chi connectivity index (χ3v) is 3.73. The van der Waals surface area contributed by atoms with Crippen LogP contribution in [0.25, 0.3) is 0 Å². The summed E-state index contributed by atoms with van der Waals surface area (Å²) in [5, 5.41) is 2.84. The minimum absolute atomic E-state index is 0.0904. The van der Waals surface area contributed by atoms with E-state index in [9.17, 15) is 9.59 Å². The molecule has 0 fully saturated rings. The second-order valence-corrected chi connectivity index (χ2v) is 5.51. The quantitative estimate of drug-likeness (QED) is 0.860. The predicted molar refractivity (Wildman–Crippen MR) is 90.7 cm³/mol. The summed E-state index contributed by atoms with van der Waals surface area (Å²) in [4.78, 5) is 25.7. The summed E-state index contributed by atoms with van der Waals surface area (Å²) in [7, 11) is 1.33. The number of esters is 1. The molecule has 0 unspecified atom stereocenters. The van der Waals surface area contributed by atoms with Crippen molar-refractivity contribution in [3.63, 3.8) is 0 Å². The maximum atomic E-state index is 12.6. The van der Waals surface area contributed by atoms with Gasteiger partial charge >= 0.3 is 12.0 Å². The molecular weight excluding hydrogens is 308 g/mol. The summed E-state index contributed by atoms with van der Waals surface area (Å²) < 4.78 is 10.4. The molecule has 3 rings (SSSR count). The molecule has 24 heavy (non-hydrogen) atoms. The van der Waals surface area contributed by atoms with Gasteiger partial charge in [-0.2, -0.15) is 0 Å². The van der Waals surface area contributed by atoms with E-state index in [4.69, 9.17) is 4.74 Å². The monoisotopic (exact) mass is 326 g/mol. The fourth-order valence-electron chi connectivity index (χ4n) is 2.58. The first-order valence-corrected chi connectivity index (χ1v) is 7.61. The number of methoxy groups -OCH3 is 1. The second-order valence-electron chi connectivity index (χ2n) is 5.51. The Balaban J connectivity index is 1.77. The SMILES string of the molecule is COC(=O)c1ccc(NC(=O)N2C[C@@H](C)Oc3ccccc32)cc1. The van der Waals surface area contributed by atoms with Crippen molar-refractivity contribution in [1.29, 1.82) is 0 Å². The van der Waals surface area contributed by atoms with Gasteiger partial charge in [-0.05, 0) is 43.3 Å². The predicted octanol–water partition coefficient (Wildman–Crippen LogP) is 3.29. The Morgan fingerprint density at radius 1 is 1.17 bits per heavy atom. The van der Waals surface area contributed by atoms with Gasteiger partial charge in [-0.25, -0.2) is 9.59 Å². The molecule has 0 aliphatic carbocycles. The molecule has 2 aromatic rings. The molecule has 1 N–H and O–H groups in total. The Labute approximate surface area is 140 Å². The van der Waals surface area contributed by atoms with E-state index >= 15 is 0 Å². The Morgan fingerprint density at radius 3 is 2.58 bits per heavy atom. The van der Waals surface area contributed by atoms with Crippen molar-refractivity contribution in [1.82, 2.24) is 0 Å². The van der Waals surface area contributed by atoms with Crippen LogP contribution in [0.2, 0.25) is 0 Å². The number of hydrogen-bond acceptors (Lipinski definition) is 4. The van der Waals surface area contributed by atoms with Gasteiger partial charge in [-0.3, -0.25) is 4.90 Å². The Morgan fingerprint density at radius 2 is 1.88 bits per heavy atom. The summed E-state index contributed by atoms with van der Waals surface area (Å²) in [6.45, 7) is 2.38. The standard InChI is InChI=1S/C18H18N2O4/c1-12-11-20(15-5-3-4-6-16(15)24-12)18(22)19-14-9-7-13(8-10-14)17(21)23-2/h3-10,12H,11H2,1-2H3,(H,19,22)/t12-/m1/s1. The van der Waals surface area contributed by atoms with Crippen molar-refractivity contribution in [2.75, 3.05) is 23.9 Å². The van der Waals surface area contributed by atoms with Gasteiger partial charge in [0.1, 0.15) is 11.9 Å². The van der Waals surface area contributed by atoms with Crippen LogP contribution >= 0.6 is 0 Å². The van der Waals surface area contributed by atoms with Crippen LogP contribution in [0.4, 0.5) is 16.2 Å². The molecule has 0 radical (unpaired) electrons. The number of carbonyl (C=O) groups excluding carboxylic acids is 2. The van der Waals surface area contributed by atoms with Gasteiger partial charge in [-0.1, -0.05) is 12.1 Å². The minimum Gasteiger partial charge on any atom is -0.487 e. The molecule has 1 heterocycles. The van der Waals surface area contributed by atoms with E-state index in [-0.39, 0.29) is 12.1 Å². The Bertz CT molecular complexity index is 758. The largest absolute Gasteiger partial charge is 0.487 e. The number of nitrogens with zero attached hydrogens (tertiary/aromatic N) is 1. The van der Waals surface area contributed by atoms with Crippen molar-refractivity contribution in [3.8, 4) is 5.75 Å². The van der Waals surface area contributed by atoms with Crippen LogP contribution in [0.15, 0.2) is 48.5 Å². The first kappa shape index (κ1) is 15.9. The van der Waals surface area contributed by atoms with Gasteiger partial charge in [0.2, 0.25) is 0 Å². The molecule has 0 saturated carbocycles. The smallest absolute Gasteiger partial charge is 0.337 e. The number of fused-ring (bicyclic) bond motifs is 1. The lowest BCUT2D eigenvalue weighted by atomic mass is 10.2. The van der Waals surface area contributed by atoms with E-state index in [1.54, 1.807) is 29.2 Å². The number of benzene rings is 2. The summed E-state index contributed by atoms with van der Waals surface area (Å²) in [6.07, 6.45) is -0.0904. The number of amides is 2. The highest BCUT2D eigenvalue weighted by molar-refractivity contribution is 6.03. The van der Waals surface area contributed by atoms with Crippen molar-refractivity contribution < 1.29 is 19.1 Å². The topological polar surface area (TPSA) is 67.9 Å². The van der Waals surface area contributed by atoms with Crippen molar-refractivity contribution >= 4 is 23.4 Å². The first-order valence-electron chi connectivity index (χ1n) is 7.61. The van der Waals surface area contributed by atoms with Crippen molar-refractivity contribution in [3.05, 3.63) is 54.1 Å². The normalized spacial score (nSPS) is 15.9. The number of hydrogen-bond donors (Lipinski definition) is 1. The van der Waals surface area contributed by atoms with Crippen molar-refractivity contribution in [2.45, 2.75) is 13.0 Å². The van der Waals surface area contributed by atoms with Crippen LogP contribution < -0.4 is 15.0 Å². The Hall–Kier alpha value is -3.02. The molecule has 1 aliphatic rings. The lowest BCUT2D eigenvalue weighted by Gasteiger charge is -2.33.